The second-order valence-corrected chi connectivity index (χ2v) is 8.51. The molecule has 0 aromatic heterocycles. The highest BCUT2D eigenvalue weighted by molar-refractivity contribution is 5.95. The van der Waals surface area contributed by atoms with Gasteiger partial charge in [-0.05, 0) is 63.6 Å². The van der Waals surface area contributed by atoms with E-state index in [1.54, 1.807) is 32.9 Å². The number of carbonyl (C=O) groups excluding carboxylic acids is 3. The summed E-state index contributed by atoms with van der Waals surface area (Å²) in [6.07, 6.45) is 0.889. The van der Waals surface area contributed by atoms with E-state index in [9.17, 15) is 18.8 Å². The number of carbonyl (C=O) groups is 3. The zero-order valence-electron chi connectivity index (χ0n) is 18.1. The number of methoxy groups -OCH3 is 2. The van der Waals surface area contributed by atoms with Crippen LogP contribution in [-0.4, -0.2) is 43.9 Å². The van der Waals surface area contributed by atoms with E-state index >= 15 is 0 Å². The predicted molar refractivity (Wildman–Crippen MR) is 107 cm³/mol. The molecule has 0 aliphatic heterocycles. The van der Waals surface area contributed by atoms with Gasteiger partial charge in [0.05, 0.1) is 14.2 Å². The van der Waals surface area contributed by atoms with Crippen LogP contribution in [0.25, 0.3) is 0 Å². The van der Waals surface area contributed by atoms with E-state index in [0.29, 0.717) is 19.3 Å². The van der Waals surface area contributed by atoms with Crippen LogP contribution in [0.4, 0.5) is 9.18 Å². The Bertz CT molecular complexity index is 742. The summed E-state index contributed by atoms with van der Waals surface area (Å²) >= 11 is 0. The molecular formula is C22H30FNO6. The summed E-state index contributed by atoms with van der Waals surface area (Å²) in [4.78, 5) is 36.8. The number of alkyl carbamates (subject to hydrolysis) is 1. The Morgan fingerprint density at radius 2 is 1.60 bits per heavy atom. The number of benzene rings is 1. The van der Waals surface area contributed by atoms with Crippen LogP contribution < -0.4 is 5.32 Å². The minimum atomic E-state index is -1.05. The predicted octanol–water partition coefficient (Wildman–Crippen LogP) is 3.56. The van der Waals surface area contributed by atoms with Crippen LogP contribution in [-0.2, 0) is 23.8 Å². The van der Waals surface area contributed by atoms with Crippen molar-refractivity contribution >= 4 is 18.0 Å². The first-order chi connectivity index (χ1) is 14.1. The monoisotopic (exact) mass is 423 g/mol. The van der Waals surface area contributed by atoms with Gasteiger partial charge in [-0.2, -0.15) is 0 Å². The van der Waals surface area contributed by atoms with Gasteiger partial charge in [0.25, 0.3) is 0 Å². The normalized spacial score (nSPS) is 21.6. The van der Waals surface area contributed by atoms with Crippen LogP contribution in [0.1, 0.15) is 51.5 Å². The number of halogens is 1. The molecule has 1 fully saturated rings. The number of amides is 1. The van der Waals surface area contributed by atoms with E-state index in [4.69, 9.17) is 14.2 Å². The molecule has 0 heterocycles. The van der Waals surface area contributed by atoms with E-state index in [-0.39, 0.29) is 23.7 Å². The fourth-order valence-corrected chi connectivity index (χ4v) is 3.95. The molecule has 3 atom stereocenters. The van der Waals surface area contributed by atoms with Gasteiger partial charge in [-0.3, -0.25) is 9.59 Å². The van der Waals surface area contributed by atoms with E-state index in [0.717, 1.165) is 5.56 Å². The molecule has 0 radical (unpaired) electrons. The van der Waals surface area contributed by atoms with Gasteiger partial charge in [-0.15, -0.1) is 0 Å². The van der Waals surface area contributed by atoms with E-state index in [1.807, 2.05) is 0 Å². The van der Waals surface area contributed by atoms with Crippen molar-refractivity contribution in [2.75, 3.05) is 14.2 Å². The standard InChI is InChI=1S/C22H30FNO6/c1-22(2,3)30-21(27)24-17-11-8-14(18(19(25)28-4)20(26)29-5)12-16(17)13-6-9-15(23)10-7-13/h6-7,9-10,14,16-18H,8,11-12H2,1-5H3,(H,24,27)/t14-,16+,17-/m1/s1. The van der Waals surface area contributed by atoms with E-state index in [1.165, 1.54) is 26.4 Å². The molecule has 1 amide bonds. The van der Waals surface area contributed by atoms with Crippen molar-refractivity contribution in [1.29, 1.82) is 0 Å². The maximum absolute atomic E-state index is 13.4. The topological polar surface area (TPSA) is 90.9 Å². The minimum Gasteiger partial charge on any atom is -0.468 e. The molecule has 1 N–H and O–H groups in total. The Kier molecular flexibility index (Phi) is 7.81. The molecule has 0 bridgehead atoms. The first kappa shape index (κ1) is 23.6. The number of hydrogen-bond donors (Lipinski definition) is 1. The number of hydrogen-bond acceptors (Lipinski definition) is 6. The average Bonchev–Trinajstić information content (AvgIpc) is 2.68. The minimum absolute atomic E-state index is 0.242. The van der Waals surface area contributed by atoms with E-state index in [2.05, 4.69) is 5.32 Å². The lowest BCUT2D eigenvalue weighted by Gasteiger charge is -2.38. The SMILES string of the molecule is COC(=O)C(C(=O)OC)[C@@H]1CC[C@@H](NC(=O)OC(C)(C)C)[C@H](c2ccc(F)cc2)C1. The van der Waals surface area contributed by atoms with Gasteiger partial charge in [-0.25, -0.2) is 9.18 Å². The molecule has 2 rings (SSSR count). The van der Waals surface area contributed by atoms with Crippen LogP contribution in [0.3, 0.4) is 0 Å². The highest BCUT2D eigenvalue weighted by Crippen LogP contribution is 2.40. The van der Waals surface area contributed by atoms with Crippen molar-refractivity contribution in [3.8, 4) is 0 Å². The lowest BCUT2D eigenvalue weighted by atomic mass is 9.70. The molecule has 0 unspecified atom stereocenters. The molecule has 1 saturated carbocycles. The molecule has 1 aromatic carbocycles. The van der Waals surface area contributed by atoms with E-state index < -0.39 is 29.6 Å². The number of ether oxygens (including phenoxy) is 3. The summed E-state index contributed by atoms with van der Waals surface area (Å²) in [7, 11) is 2.46. The lowest BCUT2D eigenvalue weighted by molar-refractivity contribution is -0.162. The number of esters is 2. The fraction of sp³-hybridized carbons (Fsp3) is 0.591. The van der Waals surface area contributed by atoms with Crippen molar-refractivity contribution in [2.45, 2.75) is 57.6 Å². The Morgan fingerprint density at radius 3 is 2.10 bits per heavy atom. The molecule has 7 nitrogen and oxygen atoms in total. The van der Waals surface area contributed by atoms with Gasteiger partial charge in [0, 0.05) is 12.0 Å². The van der Waals surface area contributed by atoms with Gasteiger partial charge in [0.15, 0.2) is 5.92 Å². The summed E-state index contributed by atoms with van der Waals surface area (Å²) in [6.45, 7) is 5.33. The molecule has 1 aliphatic carbocycles. The Labute approximate surface area is 176 Å². The maximum Gasteiger partial charge on any atom is 0.407 e. The Balaban J connectivity index is 2.28. The summed E-state index contributed by atoms with van der Waals surface area (Å²) in [5, 5.41) is 2.90. The molecule has 8 heteroatoms. The Morgan fingerprint density at radius 1 is 1.03 bits per heavy atom. The van der Waals surface area contributed by atoms with Crippen LogP contribution >= 0.6 is 0 Å². The van der Waals surface area contributed by atoms with Crippen molar-refractivity contribution in [3.05, 3.63) is 35.6 Å². The lowest BCUT2D eigenvalue weighted by Crippen LogP contribution is -2.47. The zero-order chi connectivity index (χ0) is 22.5. The van der Waals surface area contributed by atoms with Crippen molar-refractivity contribution in [1.82, 2.24) is 5.32 Å². The highest BCUT2D eigenvalue weighted by atomic mass is 19.1. The molecule has 166 valence electrons. The largest absolute Gasteiger partial charge is 0.468 e. The van der Waals surface area contributed by atoms with Crippen LogP contribution in [0.5, 0.6) is 0 Å². The third-order valence-electron chi connectivity index (χ3n) is 5.27. The quantitative estimate of drug-likeness (QED) is 0.442. The Hall–Kier alpha value is -2.64. The molecule has 1 aliphatic rings. The summed E-state index contributed by atoms with van der Waals surface area (Å²) in [5.74, 6) is -3.30. The van der Waals surface area contributed by atoms with Gasteiger partial charge >= 0.3 is 18.0 Å². The molecular weight excluding hydrogens is 393 g/mol. The van der Waals surface area contributed by atoms with Crippen molar-refractivity contribution in [3.63, 3.8) is 0 Å². The van der Waals surface area contributed by atoms with Gasteiger partial charge in [-0.1, -0.05) is 12.1 Å². The second-order valence-electron chi connectivity index (χ2n) is 8.51. The molecule has 30 heavy (non-hydrogen) atoms. The summed E-state index contributed by atoms with van der Waals surface area (Å²) in [6, 6.07) is 5.70. The first-order valence-electron chi connectivity index (χ1n) is 9.96. The molecule has 1 aromatic rings. The van der Waals surface area contributed by atoms with Gasteiger partial charge in [0.1, 0.15) is 11.4 Å². The third kappa shape index (κ3) is 6.18. The van der Waals surface area contributed by atoms with Crippen LogP contribution in [0.2, 0.25) is 0 Å². The number of nitrogens with one attached hydrogen (secondary N) is 1. The van der Waals surface area contributed by atoms with Crippen LogP contribution in [0, 0.1) is 17.7 Å². The first-order valence-corrected chi connectivity index (χ1v) is 9.96. The summed E-state index contributed by atoms with van der Waals surface area (Å²) in [5.41, 5.74) is 0.156. The van der Waals surface area contributed by atoms with Crippen molar-refractivity contribution in [2.24, 2.45) is 11.8 Å². The zero-order valence-corrected chi connectivity index (χ0v) is 18.1. The highest BCUT2D eigenvalue weighted by Gasteiger charge is 2.43. The smallest absolute Gasteiger partial charge is 0.407 e. The fourth-order valence-electron chi connectivity index (χ4n) is 3.95. The van der Waals surface area contributed by atoms with Gasteiger partial charge < -0.3 is 19.5 Å². The molecule has 0 spiro atoms. The maximum atomic E-state index is 13.4. The summed E-state index contributed by atoms with van der Waals surface area (Å²) < 4.78 is 28.4. The third-order valence-corrected chi connectivity index (χ3v) is 5.27. The average molecular weight is 423 g/mol. The van der Waals surface area contributed by atoms with Gasteiger partial charge in [0.2, 0.25) is 0 Å². The second kappa shape index (κ2) is 9.91. The molecule has 0 saturated heterocycles. The van der Waals surface area contributed by atoms with Crippen LogP contribution in [0.15, 0.2) is 24.3 Å². The van der Waals surface area contributed by atoms with Crippen molar-refractivity contribution < 1.29 is 33.0 Å². The number of rotatable bonds is 5.